The van der Waals surface area contributed by atoms with E-state index in [1.807, 2.05) is 0 Å². The zero-order chi connectivity index (χ0) is 26.4. The highest BCUT2D eigenvalue weighted by atomic mass is 19.4. The first-order valence-electron chi connectivity index (χ1n) is 10.6. The highest BCUT2D eigenvalue weighted by molar-refractivity contribution is 5.92. The summed E-state index contributed by atoms with van der Waals surface area (Å²) in [6.45, 7) is 8.10. The molecule has 1 aromatic carbocycles. The number of anilines is 1. The van der Waals surface area contributed by atoms with Crippen LogP contribution in [-0.4, -0.2) is 64.7 Å². The number of ether oxygens (including phenoxy) is 3. The van der Waals surface area contributed by atoms with E-state index in [0.717, 1.165) is 17.0 Å². The molecular weight excluding hydrogens is 471 g/mol. The third-order valence-electron chi connectivity index (χ3n) is 4.26. The lowest BCUT2D eigenvalue weighted by atomic mass is 10.1. The van der Waals surface area contributed by atoms with Crippen LogP contribution in [0.2, 0.25) is 0 Å². The summed E-state index contributed by atoms with van der Waals surface area (Å²) in [6, 6.07) is 2.95. The Balaban J connectivity index is 2.20. The van der Waals surface area contributed by atoms with Gasteiger partial charge in [-0.15, -0.1) is 10.2 Å². The summed E-state index contributed by atoms with van der Waals surface area (Å²) in [5, 5.41) is 10.3. The average molecular weight is 499 g/mol. The standard InChI is InChI=1S/C22H28F3N5O5/c1-7-33-12-34-16-10-14(22(23,24)25)8-9-15(16)18-13(2)26-19(29-28-18)27-17(31)11-30(6)20(32)35-21(3,4)5/h8-10H,7,11-12H2,1-6H3,(H,26,27,29,31). The Labute approximate surface area is 200 Å². The highest BCUT2D eigenvalue weighted by Gasteiger charge is 2.32. The largest absolute Gasteiger partial charge is 0.467 e. The van der Waals surface area contributed by atoms with Crippen LogP contribution in [0, 0.1) is 6.92 Å². The number of carbonyl (C=O) groups excluding carboxylic acids is 2. The van der Waals surface area contributed by atoms with Crippen molar-refractivity contribution in [2.45, 2.75) is 46.4 Å². The maximum atomic E-state index is 13.2. The van der Waals surface area contributed by atoms with E-state index in [1.165, 1.54) is 13.1 Å². The predicted molar refractivity (Wildman–Crippen MR) is 120 cm³/mol. The first-order chi connectivity index (χ1) is 16.2. The fourth-order valence-corrected chi connectivity index (χ4v) is 2.69. The number of nitrogens with one attached hydrogen (secondary N) is 1. The molecule has 0 unspecified atom stereocenters. The highest BCUT2D eigenvalue weighted by Crippen LogP contribution is 2.37. The van der Waals surface area contributed by atoms with Crippen molar-refractivity contribution in [1.82, 2.24) is 20.1 Å². The topological polar surface area (TPSA) is 116 Å². The van der Waals surface area contributed by atoms with Gasteiger partial charge in [-0.05, 0) is 52.8 Å². The molecule has 35 heavy (non-hydrogen) atoms. The number of alkyl halides is 3. The number of aryl methyl sites for hydroxylation is 1. The van der Waals surface area contributed by atoms with Crippen molar-refractivity contribution in [3.63, 3.8) is 0 Å². The minimum Gasteiger partial charge on any atom is -0.467 e. The minimum absolute atomic E-state index is 0.108. The van der Waals surface area contributed by atoms with Gasteiger partial charge in [0, 0.05) is 19.2 Å². The molecule has 0 saturated carbocycles. The van der Waals surface area contributed by atoms with Crippen LogP contribution in [0.3, 0.4) is 0 Å². The Hall–Kier alpha value is -3.48. The number of rotatable bonds is 8. The van der Waals surface area contributed by atoms with Crippen molar-refractivity contribution >= 4 is 17.9 Å². The molecule has 0 aliphatic rings. The third-order valence-corrected chi connectivity index (χ3v) is 4.26. The first-order valence-corrected chi connectivity index (χ1v) is 10.6. The van der Waals surface area contributed by atoms with E-state index in [2.05, 4.69) is 20.5 Å². The Bertz CT molecular complexity index is 1060. The molecule has 2 amide bonds. The molecule has 1 heterocycles. The molecule has 0 spiro atoms. The summed E-state index contributed by atoms with van der Waals surface area (Å²) in [7, 11) is 1.40. The van der Waals surface area contributed by atoms with Gasteiger partial charge >= 0.3 is 12.3 Å². The van der Waals surface area contributed by atoms with Gasteiger partial charge in [0.15, 0.2) is 6.79 Å². The van der Waals surface area contributed by atoms with Crippen molar-refractivity contribution < 1.29 is 37.0 Å². The third kappa shape index (κ3) is 8.35. The first kappa shape index (κ1) is 27.8. The molecular formula is C22H28F3N5O5. The molecule has 10 nitrogen and oxygen atoms in total. The van der Waals surface area contributed by atoms with Gasteiger partial charge in [-0.3, -0.25) is 10.1 Å². The van der Waals surface area contributed by atoms with Crippen molar-refractivity contribution in [3.05, 3.63) is 29.5 Å². The molecule has 13 heteroatoms. The smallest absolute Gasteiger partial charge is 0.416 e. The second kappa shape index (κ2) is 11.3. The molecule has 1 N–H and O–H groups in total. The van der Waals surface area contributed by atoms with Crippen molar-refractivity contribution in [1.29, 1.82) is 0 Å². The normalized spacial score (nSPS) is 11.7. The van der Waals surface area contributed by atoms with E-state index in [-0.39, 0.29) is 42.0 Å². The van der Waals surface area contributed by atoms with Gasteiger partial charge in [-0.1, -0.05) is 0 Å². The van der Waals surface area contributed by atoms with E-state index in [9.17, 15) is 22.8 Å². The number of nitrogens with zero attached hydrogens (tertiary/aromatic N) is 4. The van der Waals surface area contributed by atoms with Crippen LogP contribution in [-0.2, 0) is 20.4 Å². The summed E-state index contributed by atoms with van der Waals surface area (Å²) in [6.07, 6.45) is -5.25. The number of benzene rings is 1. The monoisotopic (exact) mass is 499 g/mol. The molecule has 0 fully saturated rings. The van der Waals surface area contributed by atoms with Gasteiger partial charge in [0.1, 0.15) is 23.6 Å². The molecule has 0 aliphatic carbocycles. The summed E-state index contributed by atoms with van der Waals surface area (Å²) < 4.78 is 55.1. The summed E-state index contributed by atoms with van der Waals surface area (Å²) in [5.74, 6) is -0.844. The predicted octanol–water partition coefficient (Wildman–Crippen LogP) is 4.04. The Morgan fingerprint density at radius 1 is 1.14 bits per heavy atom. The fourth-order valence-electron chi connectivity index (χ4n) is 2.69. The second-order valence-electron chi connectivity index (χ2n) is 8.42. The molecule has 1 aromatic heterocycles. The lowest BCUT2D eigenvalue weighted by Gasteiger charge is -2.24. The molecule has 0 atom stereocenters. The van der Waals surface area contributed by atoms with Gasteiger partial charge in [0.2, 0.25) is 11.9 Å². The Kier molecular flexibility index (Phi) is 8.96. The van der Waals surface area contributed by atoms with Crippen LogP contribution in [0.15, 0.2) is 18.2 Å². The van der Waals surface area contributed by atoms with Crippen LogP contribution < -0.4 is 10.1 Å². The zero-order valence-corrected chi connectivity index (χ0v) is 20.3. The summed E-state index contributed by atoms with van der Waals surface area (Å²) >= 11 is 0. The minimum atomic E-state index is -4.57. The van der Waals surface area contributed by atoms with Gasteiger partial charge in [-0.2, -0.15) is 13.2 Å². The lowest BCUT2D eigenvalue weighted by Crippen LogP contribution is -2.39. The van der Waals surface area contributed by atoms with Crippen molar-refractivity contribution in [3.8, 4) is 17.0 Å². The second-order valence-corrected chi connectivity index (χ2v) is 8.42. The van der Waals surface area contributed by atoms with E-state index < -0.39 is 29.3 Å². The fraction of sp³-hybridized carbons (Fsp3) is 0.500. The number of carbonyl (C=O) groups is 2. The van der Waals surface area contributed by atoms with Gasteiger partial charge < -0.3 is 19.1 Å². The molecule has 2 aromatic rings. The summed E-state index contributed by atoms with van der Waals surface area (Å²) in [4.78, 5) is 29.5. The molecule has 0 aliphatic heterocycles. The number of hydrogen-bond acceptors (Lipinski definition) is 8. The van der Waals surface area contributed by atoms with Crippen LogP contribution in [0.4, 0.5) is 23.9 Å². The SMILES string of the molecule is CCOCOc1cc(C(F)(F)F)ccc1-c1nnc(NC(=O)CN(C)C(=O)OC(C)(C)C)nc1C. The zero-order valence-electron chi connectivity index (χ0n) is 20.3. The van der Waals surface area contributed by atoms with Crippen LogP contribution in [0.25, 0.3) is 11.3 Å². The number of halogens is 3. The summed E-state index contributed by atoms with van der Waals surface area (Å²) in [5.41, 5.74) is -0.960. The van der Waals surface area contributed by atoms with Crippen LogP contribution in [0.5, 0.6) is 5.75 Å². The maximum Gasteiger partial charge on any atom is 0.416 e. The van der Waals surface area contributed by atoms with E-state index in [0.29, 0.717) is 6.61 Å². The van der Waals surface area contributed by atoms with Gasteiger partial charge in [-0.25, -0.2) is 9.78 Å². The number of hydrogen-bond donors (Lipinski definition) is 1. The van der Waals surface area contributed by atoms with E-state index in [1.54, 1.807) is 34.6 Å². The lowest BCUT2D eigenvalue weighted by molar-refractivity contribution is -0.137. The van der Waals surface area contributed by atoms with Crippen LogP contribution in [0.1, 0.15) is 39.0 Å². The molecule has 0 radical (unpaired) electrons. The van der Waals surface area contributed by atoms with Crippen LogP contribution >= 0.6 is 0 Å². The number of likely N-dealkylation sites (N-methyl/N-ethyl adjacent to an activating group) is 1. The quantitative estimate of drug-likeness (QED) is 0.427. The van der Waals surface area contributed by atoms with Crippen molar-refractivity contribution in [2.75, 3.05) is 32.3 Å². The molecule has 2 rings (SSSR count). The molecule has 0 bridgehead atoms. The molecule has 0 saturated heterocycles. The van der Waals surface area contributed by atoms with Gasteiger partial charge in [0.05, 0.1) is 11.3 Å². The van der Waals surface area contributed by atoms with E-state index >= 15 is 0 Å². The number of aromatic nitrogens is 3. The Morgan fingerprint density at radius 2 is 1.83 bits per heavy atom. The van der Waals surface area contributed by atoms with E-state index in [4.69, 9.17) is 14.2 Å². The maximum absolute atomic E-state index is 13.2. The average Bonchev–Trinajstić information content (AvgIpc) is 2.72. The molecule has 192 valence electrons. The van der Waals surface area contributed by atoms with Crippen molar-refractivity contribution in [2.24, 2.45) is 0 Å². The Morgan fingerprint density at radius 3 is 2.40 bits per heavy atom. The van der Waals surface area contributed by atoms with Gasteiger partial charge in [0.25, 0.3) is 0 Å². The number of amides is 2.